The molecule has 0 spiro atoms. The van der Waals surface area contributed by atoms with Crippen LogP contribution in [-0.2, 0) is 0 Å². The van der Waals surface area contributed by atoms with Gasteiger partial charge in [-0.1, -0.05) is 45.4 Å². The second kappa shape index (κ2) is 12.6. The number of thioether (sulfide) groups is 1. The van der Waals surface area contributed by atoms with Crippen LogP contribution in [0.3, 0.4) is 0 Å². The standard InChI is InChI=1S/C10H15NS.2C2H6/c1-8-4-3-5-10(6-8)12-7-9(2)11;2*1-2/h3-6,9H,7,11H2,1-2H3;2*1-2H3. The highest BCUT2D eigenvalue weighted by molar-refractivity contribution is 7.99. The first kappa shape index (κ1) is 17.9. The topological polar surface area (TPSA) is 26.0 Å². The lowest BCUT2D eigenvalue weighted by Gasteiger charge is -2.04. The third-order valence-electron chi connectivity index (χ3n) is 1.50. The van der Waals surface area contributed by atoms with Gasteiger partial charge in [-0.2, -0.15) is 0 Å². The van der Waals surface area contributed by atoms with Crippen LogP contribution in [0.25, 0.3) is 0 Å². The summed E-state index contributed by atoms with van der Waals surface area (Å²) >= 11 is 1.82. The lowest BCUT2D eigenvalue weighted by Crippen LogP contribution is -2.17. The molecule has 1 aromatic rings. The fraction of sp³-hybridized carbons (Fsp3) is 0.571. The van der Waals surface area contributed by atoms with E-state index in [0.29, 0.717) is 0 Å². The summed E-state index contributed by atoms with van der Waals surface area (Å²) in [7, 11) is 0. The van der Waals surface area contributed by atoms with E-state index in [2.05, 4.69) is 31.2 Å². The largest absolute Gasteiger partial charge is 0.327 e. The van der Waals surface area contributed by atoms with E-state index in [-0.39, 0.29) is 6.04 Å². The van der Waals surface area contributed by atoms with Crippen molar-refractivity contribution >= 4 is 11.8 Å². The molecule has 16 heavy (non-hydrogen) atoms. The summed E-state index contributed by atoms with van der Waals surface area (Å²) in [5.74, 6) is 0.990. The van der Waals surface area contributed by atoms with Gasteiger partial charge in [-0.15, -0.1) is 11.8 Å². The summed E-state index contributed by atoms with van der Waals surface area (Å²) in [6.07, 6.45) is 0. The van der Waals surface area contributed by atoms with Crippen molar-refractivity contribution < 1.29 is 0 Å². The van der Waals surface area contributed by atoms with Gasteiger partial charge in [0, 0.05) is 16.7 Å². The number of benzene rings is 1. The Hall–Kier alpha value is -0.470. The van der Waals surface area contributed by atoms with E-state index in [9.17, 15) is 0 Å². The molecule has 1 rings (SSSR count). The molecule has 0 fully saturated rings. The van der Waals surface area contributed by atoms with Crippen LogP contribution in [0.1, 0.15) is 40.2 Å². The highest BCUT2D eigenvalue weighted by Crippen LogP contribution is 2.18. The van der Waals surface area contributed by atoms with Crippen molar-refractivity contribution in [1.29, 1.82) is 0 Å². The van der Waals surface area contributed by atoms with Crippen molar-refractivity contribution in [2.24, 2.45) is 5.73 Å². The zero-order valence-electron chi connectivity index (χ0n) is 11.6. The molecule has 0 saturated carbocycles. The van der Waals surface area contributed by atoms with Crippen LogP contribution in [0.15, 0.2) is 29.2 Å². The van der Waals surface area contributed by atoms with Crippen molar-refractivity contribution in [2.75, 3.05) is 5.75 Å². The summed E-state index contributed by atoms with van der Waals surface area (Å²) in [5.41, 5.74) is 6.97. The minimum absolute atomic E-state index is 0.274. The maximum absolute atomic E-state index is 5.66. The molecule has 0 saturated heterocycles. The smallest absolute Gasteiger partial charge is 0.0129 e. The van der Waals surface area contributed by atoms with Crippen LogP contribution in [0, 0.1) is 6.92 Å². The number of hydrogen-bond donors (Lipinski definition) is 1. The van der Waals surface area contributed by atoms with E-state index < -0.39 is 0 Å². The van der Waals surface area contributed by atoms with Crippen molar-refractivity contribution in [3.8, 4) is 0 Å². The molecule has 2 N–H and O–H groups in total. The molecule has 0 aliphatic heterocycles. The Morgan fingerprint density at radius 1 is 1.19 bits per heavy atom. The third kappa shape index (κ3) is 10.1. The van der Waals surface area contributed by atoms with E-state index in [1.54, 1.807) is 0 Å². The minimum Gasteiger partial charge on any atom is -0.327 e. The summed E-state index contributed by atoms with van der Waals surface area (Å²) < 4.78 is 0. The quantitative estimate of drug-likeness (QED) is 0.789. The van der Waals surface area contributed by atoms with Crippen LogP contribution in [0.2, 0.25) is 0 Å². The van der Waals surface area contributed by atoms with Gasteiger partial charge in [0.2, 0.25) is 0 Å². The van der Waals surface area contributed by atoms with Crippen LogP contribution in [-0.4, -0.2) is 11.8 Å². The lowest BCUT2D eigenvalue weighted by molar-refractivity contribution is 0.847. The molecule has 0 aliphatic carbocycles. The predicted octanol–water partition coefficient (Wildman–Crippen LogP) is 4.49. The molecule has 1 unspecified atom stereocenters. The molecule has 0 amide bonds. The molecule has 2 heteroatoms. The van der Waals surface area contributed by atoms with E-state index in [1.165, 1.54) is 10.5 Å². The Morgan fingerprint density at radius 2 is 1.75 bits per heavy atom. The van der Waals surface area contributed by atoms with E-state index in [4.69, 9.17) is 5.73 Å². The SMILES string of the molecule is CC.CC.Cc1cccc(SCC(C)N)c1. The molecule has 94 valence electrons. The highest BCUT2D eigenvalue weighted by atomic mass is 32.2. The van der Waals surface area contributed by atoms with Gasteiger partial charge >= 0.3 is 0 Å². The molecule has 0 aliphatic rings. The number of hydrogen-bond acceptors (Lipinski definition) is 2. The first-order valence-electron chi connectivity index (χ1n) is 6.13. The second-order valence-electron chi connectivity index (χ2n) is 3.10. The third-order valence-corrected chi connectivity index (χ3v) is 2.78. The van der Waals surface area contributed by atoms with Crippen LogP contribution in [0.5, 0.6) is 0 Å². The lowest BCUT2D eigenvalue weighted by atomic mass is 10.2. The number of rotatable bonds is 3. The van der Waals surface area contributed by atoms with Gasteiger partial charge in [0.05, 0.1) is 0 Å². The summed E-state index contributed by atoms with van der Waals surface area (Å²) in [6.45, 7) is 12.1. The molecule has 0 aromatic heterocycles. The van der Waals surface area contributed by atoms with Crippen LogP contribution < -0.4 is 5.73 Å². The molecule has 0 heterocycles. The van der Waals surface area contributed by atoms with Gasteiger partial charge < -0.3 is 5.73 Å². The van der Waals surface area contributed by atoms with Gasteiger partial charge in [-0.05, 0) is 26.0 Å². The molecule has 1 nitrogen and oxygen atoms in total. The fourth-order valence-electron chi connectivity index (χ4n) is 0.933. The minimum atomic E-state index is 0.274. The molecule has 0 radical (unpaired) electrons. The first-order chi connectivity index (χ1) is 7.68. The van der Waals surface area contributed by atoms with Gasteiger partial charge in [0.15, 0.2) is 0 Å². The van der Waals surface area contributed by atoms with E-state index >= 15 is 0 Å². The van der Waals surface area contributed by atoms with E-state index in [0.717, 1.165) is 5.75 Å². The summed E-state index contributed by atoms with van der Waals surface area (Å²) in [5, 5.41) is 0. The van der Waals surface area contributed by atoms with Crippen molar-refractivity contribution in [2.45, 2.75) is 52.5 Å². The number of nitrogens with two attached hydrogens (primary N) is 1. The monoisotopic (exact) mass is 241 g/mol. The van der Waals surface area contributed by atoms with E-state index in [1.807, 2.05) is 46.4 Å². The normalized spacial score (nSPS) is 10.4. The summed E-state index contributed by atoms with van der Waals surface area (Å²) in [4.78, 5) is 1.31. The molecular weight excluding hydrogens is 214 g/mol. The molecule has 0 bridgehead atoms. The van der Waals surface area contributed by atoms with Gasteiger partial charge in [-0.25, -0.2) is 0 Å². The van der Waals surface area contributed by atoms with Gasteiger partial charge in [0.1, 0.15) is 0 Å². The predicted molar refractivity (Wildman–Crippen MR) is 78.2 cm³/mol. The highest BCUT2D eigenvalue weighted by Gasteiger charge is 1.96. The fourth-order valence-corrected chi connectivity index (χ4v) is 1.83. The van der Waals surface area contributed by atoms with Crippen molar-refractivity contribution in [3.63, 3.8) is 0 Å². The molecule has 1 atom stereocenters. The zero-order valence-corrected chi connectivity index (χ0v) is 12.4. The maximum atomic E-state index is 5.66. The molecular formula is C14H27NS. The van der Waals surface area contributed by atoms with Gasteiger partial charge in [0.25, 0.3) is 0 Å². The summed E-state index contributed by atoms with van der Waals surface area (Å²) in [6, 6.07) is 8.78. The molecule has 1 aromatic carbocycles. The maximum Gasteiger partial charge on any atom is 0.0129 e. The average Bonchev–Trinajstić information content (AvgIpc) is 2.32. The van der Waals surface area contributed by atoms with Crippen molar-refractivity contribution in [1.82, 2.24) is 0 Å². The van der Waals surface area contributed by atoms with Crippen LogP contribution >= 0.6 is 11.8 Å². The number of aryl methyl sites for hydroxylation is 1. The first-order valence-corrected chi connectivity index (χ1v) is 7.12. The Bertz CT molecular complexity index is 246. The Balaban J connectivity index is 0. The Kier molecular flexibility index (Phi) is 14.1. The average molecular weight is 241 g/mol. The second-order valence-corrected chi connectivity index (χ2v) is 4.20. The van der Waals surface area contributed by atoms with Crippen LogP contribution in [0.4, 0.5) is 0 Å². The zero-order chi connectivity index (χ0) is 13.0. The Morgan fingerprint density at radius 3 is 2.19 bits per heavy atom. The Labute approximate surface area is 106 Å². The van der Waals surface area contributed by atoms with Gasteiger partial charge in [-0.3, -0.25) is 0 Å². The van der Waals surface area contributed by atoms with Crippen molar-refractivity contribution in [3.05, 3.63) is 29.8 Å².